The molecule has 1 N–H and O–H groups in total. The number of carbonyl (C=O) groups excluding carboxylic acids is 1. The van der Waals surface area contributed by atoms with E-state index in [0.717, 1.165) is 31.7 Å². The number of nitrogens with one attached hydrogen (secondary N) is 1. The van der Waals surface area contributed by atoms with E-state index in [0.29, 0.717) is 24.8 Å². The molecule has 0 aromatic heterocycles. The number of likely N-dealkylation sites (N-methyl/N-ethyl adjacent to an activating group) is 1. The van der Waals surface area contributed by atoms with Gasteiger partial charge in [-0.3, -0.25) is 4.79 Å². The summed E-state index contributed by atoms with van der Waals surface area (Å²) in [6, 6.07) is 7.64. The van der Waals surface area contributed by atoms with Gasteiger partial charge in [-0.1, -0.05) is 0 Å². The van der Waals surface area contributed by atoms with Crippen molar-refractivity contribution in [2.45, 2.75) is 18.9 Å². The Hall–Kier alpha value is -1.30. The van der Waals surface area contributed by atoms with Gasteiger partial charge in [-0.25, -0.2) is 0 Å². The van der Waals surface area contributed by atoms with Crippen LogP contribution in [0.3, 0.4) is 0 Å². The average Bonchev–Trinajstić information content (AvgIpc) is 3.05. The normalized spacial score (nSPS) is 16.9. The summed E-state index contributed by atoms with van der Waals surface area (Å²) < 4.78 is 10.6. The van der Waals surface area contributed by atoms with Crippen molar-refractivity contribution in [1.29, 1.82) is 0 Å². The third kappa shape index (κ3) is 5.16. The summed E-state index contributed by atoms with van der Waals surface area (Å²) in [5, 5.41) is 3.28. The molecule has 1 fully saturated rings. The largest absolute Gasteiger partial charge is 0.494 e. The topological polar surface area (TPSA) is 50.8 Å². The van der Waals surface area contributed by atoms with Crippen molar-refractivity contribution in [3.8, 4) is 5.75 Å². The van der Waals surface area contributed by atoms with Crippen molar-refractivity contribution in [2.24, 2.45) is 0 Å². The number of rotatable bonds is 7. The molecule has 1 amide bonds. The van der Waals surface area contributed by atoms with Crippen molar-refractivity contribution < 1.29 is 14.3 Å². The molecule has 0 spiro atoms. The Kier molecular flexibility index (Phi) is 8.24. The van der Waals surface area contributed by atoms with Gasteiger partial charge in [-0.15, -0.1) is 12.4 Å². The highest BCUT2D eigenvalue weighted by Crippen LogP contribution is 2.16. The van der Waals surface area contributed by atoms with Crippen LogP contribution >= 0.6 is 12.4 Å². The minimum atomic E-state index is 0. The summed E-state index contributed by atoms with van der Waals surface area (Å²) in [5.41, 5.74) is 0.702. The van der Waals surface area contributed by atoms with Crippen molar-refractivity contribution >= 4 is 18.3 Å². The number of methoxy groups -OCH3 is 1. The van der Waals surface area contributed by atoms with Gasteiger partial charge in [0.1, 0.15) is 5.75 Å². The molecule has 1 atom stereocenters. The van der Waals surface area contributed by atoms with E-state index >= 15 is 0 Å². The van der Waals surface area contributed by atoms with Gasteiger partial charge in [0.05, 0.1) is 6.61 Å². The SMILES string of the molecule is COCCCOc1ccc(C(=O)N(C)C2CCNC2)cc1.Cl. The number of ether oxygens (including phenoxy) is 2. The second-order valence-corrected chi connectivity index (χ2v) is 5.28. The molecule has 1 aromatic rings. The molecule has 2 rings (SSSR count). The fraction of sp³-hybridized carbons (Fsp3) is 0.562. The zero-order valence-electron chi connectivity index (χ0n) is 13.2. The molecule has 22 heavy (non-hydrogen) atoms. The van der Waals surface area contributed by atoms with Crippen LogP contribution in [0.1, 0.15) is 23.2 Å². The van der Waals surface area contributed by atoms with Gasteiger partial charge in [0.2, 0.25) is 0 Å². The first kappa shape index (κ1) is 18.7. The van der Waals surface area contributed by atoms with E-state index in [9.17, 15) is 4.79 Å². The van der Waals surface area contributed by atoms with Crippen LogP contribution in [0.25, 0.3) is 0 Å². The van der Waals surface area contributed by atoms with E-state index in [4.69, 9.17) is 9.47 Å². The maximum Gasteiger partial charge on any atom is 0.253 e. The van der Waals surface area contributed by atoms with Crippen LogP contribution in [0.2, 0.25) is 0 Å². The molecule has 1 heterocycles. The monoisotopic (exact) mass is 328 g/mol. The molecule has 0 aliphatic carbocycles. The quantitative estimate of drug-likeness (QED) is 0.777. The Balaban J connectivity index is 0.00000242. The highest BCUT2D eigenvalue weighted by molar-refractivity contribution is 5.94. The lowest BCUT2D eigenvalue weighted by atomic mass is 10.1. The number of carbonyl (C=O) groups is 1. The van der Waals surface area contributed by atoms with E-state index in [2.05, 4.69) is 5.32 Å². The molecular formula is C16H25ClN2O3. The maximum absolute atomic E-state index is 12.4. The molecule has 0 bridgehead atoms. The van der Waals surface area contributed by atoms with Crippen LogP contribution < -0.4 is 10.1 Å². The molecule has 1 saturated heterocycles. The van der Waals surface area contributed by atoms with Gasteiger partial charge < -0.3 is 19.7 Å². The van der Waals surface area contributed by atoms with Gasteiger partial charge in [0.15, 0.2) is 0 Å². The van der Waals surface area contributed by atoms with E-state index < -0.39 is 0 Å². The van der Waals surface area contributed by atoms with Crippen molar-refractivity contribution in [1.82, 2.24) is 10.2 Å². The van der Waals surface area contributed by atoms with Gasteiger partial charge in [-0.05, 0) is 37.2 Å². The predicted octanol–water partition coefficient (Wildman–Crippen LogP) is 1.96. The molecule has 0 saturated carbocycles. The molecule has 124 valence electrons. The number of amides is 1. The first-order chi connectivity index (χ1) is 10.2. The summed E-state index contributed by atoms with van der Waals surface area (Å²) in [4.78, 5) is 14.2. The number of halogens is 1. The third-order valence-electron chi connectivity index (χ3n) is 3.77. The van der Waals surface area contributed by atoms with Crippen molar-refractivity contribution in [3.05, 3.63) is 29.8 Å². The Morgan fingerprint density at radius 3 is 2.64 bits per heavy atom. The third-order valence-corrected chi connectivity index (χ3v) is 3.77. The minimum absolute atomic E-state index is 0. The average molecular weight is 329 g/mol. The van der Waals surface area contributed by atoms with Crippen molar-refractivity contribution in [2.75, 3.05) is 40.5 Å². The first-order valence-electron chi connectivity index (χ1n) is 7.42. The molecule has 6 heteroatoms. The zero-order chi connectivity index (χ0) is 15.1. The number of hydrogen-bond donors (Lipinski definition) is 1. The Bertz CT molecular complexity index is 447. The summed E-state index contributed by atoms with van der Waals surface area (Å²) in [6.07, 6.45) is 1.87. The fourth-order valence-corrected chi connectivity index (χ4v) is 2.43. The van der Waals surface area contributed by atoms with E-state index in [-0.39, 0.29) is 18.3 Å². The number of nitrogens with zero attached hydrogens (tertiary/aromatic N) is 1. The van der Waals surface area contributed by atoms with Gasteiger partial charge in [0, 0.05) is 45.3 Å². The Morgan fingerprint density at radius 1 is 1.32 bits per heavy atom. The Labute approximate surface area is 138 Å². The van der Waals surface area contributed by atoms with Gasteiger partial charge >= 0.3 is 0 Å². The van der Waals surface area contributed by atoms with E-state index in [1.54, 1.807) is 7.11 Å². The van der Waals surface area contributed by atoms with Crippen LogP contribution in [0.15, 0.2) is 24.3 Å². The second-order valence-electron chi connectivity index (χ2n) is 5.28. The molecule has 1 aromatic carbocycles. The summed E-state index contributed by atoms with van der Waals surface area (Å²) in [6.45, 7) is 3.17. The molecule has 5 nitrogen and oxygen atoms in total. The standard InChI is InChI=1S/C16H24N2O3.ClH/c1-18(14-8-9-17-12-14)16(19)13-4-6-15(7-5-13)21-11-3-10-20-2;/h4-7,14,17H,3,8-12H2,1-2H3;1H. The minimum Gasteiger partial charge on any atom is -0.494 e. The molecular weight excluding hydrogens is 304 g/mol. The van der Waals surface area contributed by atoms with Crippen LogP contribution in [-0.2, 0) is 4.74 Å². The lowest BCUT2D eigenvalue weighted by Gasteiger charge is -2.23. The highest BCUT2D eigenvalue weighted by Gasteiger charge is 2.23. The zero-order valence-corrected chi connectivity index (χ0v) is 14.0. The Morgan fingerprint density at radius 2 is 2.05 bits per heavy atom. The van der Waals surface area contributed by atoms with E-state index in [1.165, 1.54) is 0 Å². The molecule has 1 aliphatic heterocycles. The number of hydrogen-bond acceptors (Lipinski definition) is 4. The lowest BCUT2D eigenvalue weighted by Crippen LogP contribution is -2.38. The van der Waals surface area contributed by atoms with Crippen LogP contribution in [0.4, 0.5) is 0 Å². The molecule has 1 unspecified atom stereocenters. The summed E-state index contributed by atoms with van der Waals surface area (Å²) in [7, 11) is 3.55. The molecule has 0 radical (unpaired) electrons. The van der Waals surface area contributed by atoms with Gasteiger partial charge in [-0.2, -0.15) is 0 Å². The summed E-state index contributed by atoms with van der Waals surface area (Å²) >= 11 is 0. The molecule has 1 aliphatic rings. The first-order valence-corrected chi connectivity index (χ1v) is 7.42. The smallest absolute Gasteiger partial charge is 0.253 e. The maximum atomic E-state index is 12.4. The summed E-state index contributed by atoms with van der Waals surface area (Å²) in [5.74, 6) is 0.850. The fourth-order valence-electron chi connectivity index (χ4n) is 2.43. The van der Waals surface area contributed by atoms with Crippen LogP contribution in [0, 0.1) is 0 Å². The van der Waals surface area contributed by atoms with Crippen LogP contribution in [-0.4, -0.2) is 57.3 Å². The second kappa shape index (κ2) is 9.66. The number of benzene rings is 1. The van der Waals surface area contributed by atoms with Crippen LogP contribution in [0.5, 0.6) is 5.75 Å². The predicted molar refractivity (Wildman–Crippen MR) is 89.0 cm³/mol. The van der Waals surface area contributed by atoms with Crippen molar-refractivity contribution in [3.63, 3.8) is 0 Å². The highest BCUT2D eigenvalue weighted by atomic mass is 35.5. The lowest BCUT2D eigenvalue weighted by molar-refractivity contribution is 0.0744. The van der Waals surface area contributed by atoms with Gasteiger partial charge in [0.25, 0.3) is 5.91 Å². The van der Waals surface area contributed by atoms with E-state index in [1.807, 2.05) is 36.2 Å².